The Hall–Kier alpha value is -2.53. The van der Waals surface area contributed by atoms with Gasteiger partial charge in [-0.15, -0.1) is 0 Å². The minimum atomic E-state index is -0.544. The van der Waals surface area contributed by atoms with Gasteiger partial charge in [-0.05, 0) is 48.7 Å². The SMILES string of the molecule is CCNC(=O)[C@@H](CC)N(Cc1cccc(OC)c1)C(=O)Cc1cccc(Cl)c1. The lowest BCUT2D eigenvalue weighted by Crippen LogP contribution is -2.49. The van der Waals surface area contributed by atoms with Gasteiger partial charge in [0.1, 0.15) is 11.8 Å². The lowest BCUT2D eigenvalue weighted by molar-refractivity contribution is -0.140. The van der Waals surface area contributed by atoms with Gasteiger partial charge in [-0.2, -0.15) is 0 Å². The number of carbonyl (C=O) groups is 2. The van der Waals surface area contributed by atoms with Gasteiger partial charge in [-0.1, -0.05) is 42.8 Å². The lowest BCUT2D eigenvalue weighted by Gasteiger charge is -2.30. The smallest absolute Gasteiger partial charge is 0.242 e. The number of amides is 2. The van der Waals surface area contributed by atoms with E-state index in [-0.39, 0.29) is 18.2 Å². The fourth-order valence-corrected chi connectivity index (χ4v) is 3.32. The fraction of sp³-hybridized carbons (Fsp3) is 0.364. The van der Waals surface area contributed by atoms with Crippen LogP contribution in [0.2, 0.25) is 5.02 Å². The molecule has 0 saturated carbocycles. The molecule has 0 aromatic heterocycles. The van der Waals surface area contributed by atoms with Crippen molar-refractivity contribution in [3.63, 3.8) is 0 Å². The zero-order valence-electron chi connectivity index (χ0n) is 16.6. The number of rotatable bonds is 9. The van der Waals surface area contributed by atoms with Gasteiger partial charge in [0.15, 0.2) is 0 Å². The van der Waals surface area contributed by atoms with Crippen LogP contribution in [0.4, 0.5) is 0 Å². The quantitative estimate of drug-likeness (QED) is 0.693. The van der Waals surface area contributed by atoms with Crippen LogP contribution in [0.1, 0.15) is 31.4 Å². The van der Waals surface area contributed by atoms with Crippen LogP contribution in [0.15, 0.2) is 48.5 Å². The highest BCUT2D eigenvalue weighted by Crippen LogP contribution is 2.19. The summed E-state index contributed by atoms with van der Waals surface area (Å²) in [5.74, 6) is 0.446. The Bertz CT molecular complexity index is 810. The maximum absolute atomic E-state index is 13.2. The normalized spacial score (nSPS) is 11.6. The van der Waals surface area contributed by atoms with Crippen molar-refractivity contribution in [3.8, 4) is 5.75 Å². The fourth-order valence-electron chi connectivity index (χ4n) is 3.10. The molecule has 2 amide bonds. The summed E-state index contributed by atoms with van der Waals surface area (Å²) in [5.41, 5.74) is 1.72. The van der Waals surface area contributed by atoms with E-state index in [4.69, 9.17) is 16.3 Å². The molecule has 1 atom stereocenters. The number of hydrogen-bond donors (Lipinski definition) is 1. The summed E-state index contributed by atoms with van der Waals surface area (Å²) in [6.45, 7) is 4.62. The van der Waals surface area contributed by atoms with Crippen LogP contribution in [0.5, 0.6) is 5.75 Å². The van der Waals surface area contributed by atoms with Crippen molar-refractivity contribution >= 4 is 23.4 Å². The van der Waals surface area contributed by atoms with Crippen LogP contribution in [-0.2, 0) is 22.6 Å². The zero-order valence-corrected chi connectivity index (χ0v) is 17.3. The monoisotopic (exact) mass is 402 g/mol. The van der Waals surface area contributed by atoms with Gasteiger partial charge >= 0.3 is 0 Å². The molecule has 2 aromatic rings. The molecule has 2 rings (SSSR count). The summed E-state index contributed by atoms with van der Waals surface area (Å²) in [6, 6.07) is 14.2. The first-order valence-corrected chi connectivity index (χ1v) is 9.80. The van der Waals surface area contributed by atoms with Crippen molar-refractivity contribution < 1.29 is 14.3 Å². The van der Waals surface area contributed by atoms with E-state index in [0.717, 1.165) is 11.1 Å². The third-order valence-corrected chi connectivity index (χ3v) is 4.70. The van der Waals surface area contributed by atoms with E-state index in [2.05, 4.69) is 5.32 Å². The second-order valence-corrected chi connectivity index (χ2v) is 6.93. The van der Waals surface area contributed by atoms with Crippen LogP contribution in [0, 0.1) is 0 Å². The van der Waals surface area contributed by atoms with Crippen molar-refractivity contribution in [2.45, 2.75) is 39.3 Å². The van der Waals surface area contributed by atoms with E-state index >= 15 is 0 Å². The highest BCUT2D eigenvalue weighted by atomic mass is 35.5. The van der Waals surface area contributed by atoms with E-state index in [9.17, 15) is 9.59 Å². The molecule has 0 aliphatic carbocycles. The maximum Gasteiger partial charge on any atom is 0.242 e. The van der Waals surface area contributed by atoms with Crippen molar-refractivity contribution in [2.24, 2.45) is 0 Å². The molecule has 1 N–H and O–H groups in total. The average molecular weight is 403 g/mol. The molecule has 0 aliphatic rings. The summed E-state index contributed by atoms with van der Waals surface area (Å²) >= 11 is 6.05. The van der Waals surface area contributed by atoms with Crippen LogP contribution in [0.25, 0.3) is 0 Å². The summed E-state index contributed by atoms with van der Waals surface area (Å²) in [6.07, 6.45) is 0.706. The highest BCUT2D eigenvalue weighted by molar-refractivity contribution is 6.30. The van der Waals surface area contributed by atoms with E-state index < -0.39 is 6.04 Å². The molecule has 2 aromatic carbocycles. The van der Waals surface area contributed by atoms with Crippen molar-refractivity contribution in [1.29, 1.82) is 0 Å². The van der Waals surface area contributed by atoms with Crippen LogP contribution >= 0.6 is 11.6 Å². The maximum atomic E-state index is 13.2. The highest BCUT2D eigenvalue weighted by Gasteiger charge is 2.28. The van der Waals surface area contributed by atoms with Gasteiger partial charge in [0.25, 0.3) is 0 Å². The predicted molar refractivity (Wildman–Crippen MR) is 111 cm³/mol. The van der Waals surface area contributed by atoms with Crippen molar-refractivity contribution in [1.82, 2.24) is 10.2 Å². The molecule has 5 nitrogen and oxygen atoms in total. The molecule has 0 heterocycles. The molecule has 0 radical (unpaired) electrons. The third-order valence-electron chi connectivity index (χ3n) is 4.47. The minimum Gasteiger partial charge on any atom is -0.497 e. The first-order valence-electron chi connectivity index (χ1n) is 9.43. The molecule has 0 unspecified atom stereocenters. The number of benzene rings is 2. The lowest BCUT2D eigenvalue weighted by atomic mass is 10.1. The Labute approximate surface area is 171 Å². The summed E-state index contributed by atoms with van der Waals surface area (Å²) < 4.78 is 5.28. The number of nitrogens with one attached hydrogen (secondary N) is 1. The number of likely N-dealkylation sites (N-methyl/N-ethyl adjacent to an activating group) is 1. The number of ether oxygens (including phenoxy) is 1. The molecule has 0 aliphatic heterocycles. The number of nitrogens with zero attached hydrogens (tertiary/aromatic N) is 1. The van der Waals surface area contributed by atoms with Crippen LogP contribution in [-0.4, -0.2) is 36.4 Å². The topological polar surface area (TPSA) is 58.6 Å². The second kappa shape index (κ2) is 10.7. The molecule has 6 heteroatoms. The van der Waals surface area contributed by atoms with Gasteiger partial charge < -0.3 is 15.0 Å². The summed E-state index contributed by atoms with van der Waals surface area (Å²) in [5, 5.41) is 3.42. The Balaban J connectivity index is 2.30. The molecule has 0 bridgehead atoms. The first kappa shape index (κ1) is 21.8. The Morgan fingerprint density at radius 2 is 1.82 bits per heavy atom. The molecular formula is C22H27ClN2O3. The van der Waals surface area contributed by atoms with Crippen molar-refractivity contribution in [3.05, 3.63) is 64.7 Å². The first-order chi connectivity index (χ1) is 13.5. The third kappa shape index (κ3) is 5.99. The van der Waals surface area contributed by atoms with Gasteiger partial charge in [-0.25, -0.2) is 0 Å². The molecule has 0 spiro atoms. The molecule has 150 valence electrons. The number of carbonyl (C=O) groups excluding carboxylic acids is 2. The van der Waals surface area contributed by atoms with E-state index in [1.54, 1.807) is 24.1 Å². The number of halogens is 1. The van der Waals surface area contributed by atoms with Gasteiger partial charge in [0.05, 0.1) is 13.5 Å². The van der Waals surface area contributed by atoms with E-state index in [1.807, 2.05) is 50.2 Å². The molecular weight excluding hydrogens is 376 g/mol. The second-order valence-electron chi connectivity index (χ2n) is 6.50. The molecule has 0 saturated heterocycles. The number of hydrogen-bond acceptors (Lipinski definition) is 3. The Morgan fingerprint density at radius 1 is 1.11 bits per heavy atom. The zero-order chi connectivity index (χ0) is 20.5. The van der Waals surface area contributed by atoms with Crippen LogP contribution < -0.4 is 10.1 Å². The van der Waals surface area contributed by atoms with Gasteiger partial charge in [0, 0.05) is 18.1 Å². The average Bonchev–Trinajstić information content (AvgIpc) is 2.68. The molecule has 0 fully saturated rings. The standard InChI is InChI=1S/C22H27ClN2O3/c1-4-20(22(27)24-5-2)25(15-17-9-7-11-19(13-17)28-3)21(26)14-16-8-6-10-18(23)12-16/h6-13,20H,4-5,14-15H2,1-3H3,(H,24,27)/t20-/m1/s1. The van der Waals surface area contributed by atoms with Crippen LogP contribution in [0.3, 0.4) is 0 Å². The predicted octanol–water partition coefficient (Wildman–Crippen LogP) is 3.83. The Morgan fingerprint density at radius 3 is 2.46 bits per heavy atom. The number of methoxy groups -OCH3 is 1. The Kier molecular flexibility index (Phi) is 8.33. The largest absolute Gasteiger partial charge is 0.497 e. The van der Waals surface area contributed by atoms with Crippen molar-refractivity contribution in [2.75, 3.05) is 13.7 Å². The molecule has 28 heavy (non-hydrogen) atoms. The summed E-state index contributed by atoms with van der Waals surface area (Å²) in [7, 11) is 1.60. The van der Waals surface area contributed by atoms with Gasteiger partial charge in [0.2, 0.25) is 11.8 Å². The van der Waals surface area contributed by atoms with E-state index in [1.165, 1.54) is 0 Å². The summed E-state index contributed by atoms with van der Waals surface area (Å²) in [4.78, 5) is 27.4. The minimum absolute atomic E-state index is 0.122. The van der Waals surface area contributed by atoms with Gasteiger partial charge in [-0.3, -0.25) is 9.59 Å². The van der Waals surface area contributed by atoms with E-state index in [0.29, 0.717) is 30.3 Å².